The van der Waals surface area contributed by atoms with Crippen LogP contribution in [-0.2, 0) is 4.79 Å². The molecule has 8 atom stereocenters. The fraction of sp³-hybridized carbons (Fsp3) is 0.750. The fourth-order valence-electron chi connectivity index (χ4n) is 7.53. The van der Waals surface area contributed by atoms with Crippen LogP contribution in [0.25, 0.3) is 0 Å². The minimum Gasteiger partial charge on any atom is -0.385 e. The monoisotopic (exact) mass is 410 g/mol. The van der Waals surface area contributed by atoms with Crippen LogP contribution in [0.3, 0.4) is 0 Å². The second-order valence-electron chi connectivity index (χ2n) is 11.8. The van der Waals surface area contributed by atoms with Crippen molar-refractivity contribution in [1.82, 2.24) is 0 Å². The van der Waals surface area contributed by atoms with E-state index < -0.39 is 6.10 Å². The van der Waals surface area contributed by atoms with Crippen LogP contribution < -0.4 is 0 Å². The van der Waals surface area contributed by atoms with E-state index in [0.717, 1.165) is 17.9 Å². The van der Waals surface area contributed by atoms with Gasteiger partial charge in [0.25, 0.3) is 0 Å². The number of aliphatic hydroxyl groups excluding tert-OH is 1. The van der Waals surface area contributed by atoms with Crippen molar-refractivity contribution in [2.75, 3.05) is 0 Å². The number of aliphatic hydroxyl groups is 1. The van der Waals surface area contributed by atoms with Gasteiger partial charge in [0.1, 0.15) is 0 Å². The lowest BCUT2D eigenvalue weighted by molar-refractivity contribution is -0.116. The standard InChI is InChI=1S/C28H42O2/c1-17(2)18(3)7-8-19(4)22-9-10-23-21-16-26(30)25-15-20(29)11-13-28(25,6)24(21)12-14-27(22,23)5/h7-8,15-19,22-24,26,30H,9-14H2,1-6H3/b8-7+/t18-,19+,22+,23-,24-,26+,27+,28+/m0/s1. The summed E-state index contributed by atoms with van der Waals surface area (Å²) in [6.45, 7) is 14.2. The highest BCUT2D eigenvalue weighted by molar-refractivity contribution is 5.92. The summed E-state index contributed by atoms with van der Waals surface area (Å²) in [5.41, 5.74) is 2.81. The lowest BCUT2D eigenvalue weighted by atomic mass is 9.49. The van der Waals surface area contributed by atoms with Crippen LogP contribution in [0.4, 0.5) is 0 Å². The maximum absolute atomic E-state index is 12.1. The van der Waals surface area contributed by atoms with Gasteiger partial charge in [-0.15, -0.1) is 0 Å². The van der Waals surface area contributed by atoms with E-state index >= 15 is 0 Å². The van der Waals surface area contributed by atoms with Crippen molar-refractivity contribution in [3.8, 4) is 0 Å². The van der Waals surface area contributed by atoms with E-state index in [-0.39, 0.29) is 11.2 Å². The Balaban J connectivity index is 1.61. The highest BCUT2D eigenvalue weighted by Gasteiger charge is 2.57. The van der Waals surface area contributed by atoms with E-state index in [9.17, 15) is 9.90 Å². The number of carbonyl (C=O) groups excluding carboxylic acids is 1. The molecule has 0 unspecified atom stereocenters. The first-order chi connectivity index (χ1) is 14.1. The summed E-state index contributed by atoms with van der Waals surface area (Å²) < 4.78 is 0. The molecule has 0 aromatic carbocycles. The molecule has 0 spiro atoms. The van der Waals surface area contributed by atoms with Gasteiger partial charge in [-0.1, -0.05) is 65.3 Å². The van der Waals surface area contributed by atoms with Crippen molar-refractivity contribution in [2.24, 2.45) is 46.3 Å². The minimum atomic E-state index is -0.573. The van der Waals surface area contributed by atoms with Crippen molar-refractivity contribution in [3.05, 3.63) is 35.5 Å². The molecule has 4 aliphatic carbocycles. The van der Waals surface area contributed by atoms with Crippen LogP contribution in [0.2, 0.25) is 0 Å². The molecule has 0 aromatic heterocycles. The molecule has 0 radical (unpaired) electrons. The second-order valence-corrected chi connectivity index (χ2v) is 11.8. The van der Waals surface area contributed by atoms with Crippen LogP contribution in [0.1, 0.15) is 80.1 Å². The topological polar surface area (TPSA) is 37.3 Å². The molecule has 0 heterocycles. The number of hydrogen-bond acceptors (Lipinski definition) is 2. The highest BCUT2D eigenvalue weighted by Crippen LogP contribution is 2.66. The molecule has 4 rings (SSSR count). The lowest BCUT2D eigenvalue weighted by Gasteiger charge is -2.55. The molecule has 0 aromatic rings. The van der Waals surface area contributed by atoms with Gasteiger partial charge in [-0.3, -0.25) is 4.79 Å². The number of rotatable bonds is 4. The predicted molar refractivity (Wildman–Crippen MR) is 124 cm³/mol. The largest absolute Gasteiger partial charge is 0.385 e. The van der Waals surface area contributed by atoms with Gasteiger partial charge in [-0.25, -0.2) is 0 Å². The van der Waals surface area contributed by atoms with Gasteiger partial charge in [0, 0.05) is 6.42 Å². The first kappa shape index (κ1) is 22.1. The molecule has 0 aliphatic heterocycles. The van der Waals surface area contributed by atoms with Gasteiger partial charge in [0.15, 0.2) is 5.78 Å². The molecule has 2 heteroatoms. The number of fused-ring (bicyclic) bond motifs is 5. The summed E-state index contributed by atoms with van der Waals surface area (Å²) in [4.78, 5) is 12.1. The zero-order valence-corrected chi connectivity index (χ0v) is 19.9. The maximum atomic E-state index is 12.1. The van der Waals surface area contributed by atoms with Crippen LogP contribution >= 0.6 is 0 Å². The summed E-state index contributed by atoms with van der Waals surface area (Å²) in [7, 11) is 0. The Bertz CT molecular complexity index is 786. The number of ketones is 1. The molecule has 0 saturated heterocycles. The third kappa shape index (κ3) is 3.38. The first-order valence-corrected chi connectivity index (χ1v) is 12.4. The summed E-state index contributed by atoms with van der Waals surface area (Å²) in [6, 6.07) is 0. The molecule has 4 aliphatic rings. The van der Waals surface area contributed by atoms with E-state index in [1.807, 2.05) is 0 Å². The van der Waals surface area contributed by atoms with E-state index in [0.29, 0.717) is 41.4 Å². The molecule has 0 bridgehead atoms. The summed E-state index contributed by atoms with van der Waals surface area (Å²) in [6.07, 6.45) is 14.8. The van der Waals surface area contributed by atoms with E-state index in [4.69, 9.17) is 0 Å². The van der Waals surface area contributed by atoms with Crippen molar-refractivity contribution in [1.29, 1.82) is 0 Å². The number of hydrogen-bond donors (Lipinski definition) is 1. The first-order valence-electron chi connectivity index (χ1n) is 12.4. The molecular weight excluding hydrogens is 368 g/mol. The Hall–Kier alpha value is -1.15. The van der Waals surface area contributed by atoms with Gasteiger partial charge in [0.05, 0.1) is 6.10 Å². The SMILES string of the molecule is CC(C)[C@@H](C)/C=C/[C@@H](C)[C@H]1CC[C@H]2C3=C[C@@H](O)C4=CC(=O)CC[C@]4(C)[C@H]3CC[C@]12C. The molecule has 2 saturated carbocycles. The van der Waals surface area contributed by atoms with E-state index in [1.165, 1.54) is 31.3 Å². The highest BCUT2D eigenvalue weighted by atomic mass is 16.3. The summed E-state index contributed by atoms with van der Waals surface area (Å²) in [5, 5.41) is 11.0. The Labute approximate surface area is 183 Å². The zero-order valence-electron chi connectivity index (χ0n) is 19.9. The molecule has 2 nitrogen and oxygen atoms in total. The Morgan fingerprint density at radius 2 is 1.77 bits per heavy atom. The van der Waals surface area contributed by atoms with Crippen LogP contribution in [0.15, 0.2) is 35.5 Å². The summed E-state index contributed by atoms with van der Waals surface area (Å²) in [5.74, 6) is 3.92. The molecular formula is C28H42O2. The van der Waals surface area contributed by atoms with Gasteiger partial charge >= 0.3 is 0 Å². The normalized spacial score (nSPS) is 43.0. The molecule has 0 amide bonds. The zero-order chi connectivity index (χ0) is 21.8. The summed E-state index contributed by atoms with van der Waals surface area (Å²) >= 11 is 0. The molecule has 30 heavy (non-hydrogen) atoms. The van der Waals surface area contributed by atoms with Crippen LogP contribution in [-0.4, -0.2) is 17.0 Å². The second kappa shape index (κ2) is 7.76. The molecule has 2 fully saturated rings. The van der Waals surface area contributed by atoms with Crippen molar-refractivity contribution in [2.45, 2.75) is 86.2 Å². The Morgan fingerprint density at radius 1 is 1.03 bits per heavy atom. The number of allylic oxidation sites excluding steroid dienone is 4. The van der Waals surface area contributed by atoms with Crippen molar-refractivity contribution in [3.63, 3.8) is 0 Å². The molecule has 1 N–H and O–H groups in total. The Morgan fingerprint density at radius 3 is 2.47 bits per heavy atom. The maximum Gasteiger partial charge on any atom is 0.155 e. The average Bonchev–Trinajstić information content (AvgIpc) is 3.04. The Kier molecular flexibility index (Phi) is 5.71. The van der Waals surface area contributed by atoms with Gasteiger partial charge in [0.2, 0.25) is 0 Å². The van der Waals surface area contributed by atoms with Gasteiger partial charge < -0.3 is 5.11 Å². The molecule has 166 valence electrons. The smallest absolute Gasteiger partial charge is 0.155 e. The lowest BCUT2D eigenvalue weighted by Crippen LogP contribution is -2.48. The third-order valence-corrected chi connectivity index (χ3v) is 9.90. The van der Waals surface area contributed by atoms with Crippen molar-refractivity contribution < 1.29 is 9.90 Å². The van der Waals surface area contributed by atoms with Crippen LogP contribution in [0.5, 0.6) is 0 Å². The van der Waals surface area contributed by atoms with Crippen molar-refractivity contribution >= 4 is 5.78 Å². The number of carbonyl (C=O) groups is 1. The fourth-order valence-corrected chi connectivity index (χ4v) is 7.53. The van der Waals surface area contributed by atoms with Gasteiger partial charge in [-0.05, 0) is 90.1 Å². The van der Waals surface area contributed by atoms with E-state index in [2.05, 4.69) is 59.8 Å². The average molecular weight is 411 g/mol. The van der Waals surface area contributed by atoms with Gasteiger partial charge in [-0.2, -0.15) is 0 Å². The van der Waals surface area contributed by atoms with Crippen LogP contribution in [0, 0.1) is 46.3 Å². The predicted octanol–water partition coefficient (Wildman–Crippen LogP) is 6.51. The quantitative estimate of drug-likeness (QED) is 0.536. The third-order valence-electron chi connectivity index (χ3n) is 9.90. The minimum absolute atomic E-state index is 0.0327. The van der Waals surface area contributed by atoms with E-state index in [1.54, 1.807) is 6.08 Å².